The Kier molecular flexibility index (Phi) is 6.58. The number of aromatic nitrogens is 1. The van der Waals surface area contributed by atoms with Gasteiger partial charge in [0.1, 0.15) is 6.26 Å². The zero-order valence-electron chi connectivity index (χ0n) is 16.2. The van der Waals surface area contributed by atoms with Gasteiger partial charge in [-0.15, -0.1) is 11.3 Å². The Balaban J connectivity index is 1.38. The largest absolute Gasteiger partial charge is 0.446 e. The molecule has 2 atom stereocenters. The van der Waals surface area contributed by atoms with Crippen molar-refractivity contribution in [1.29, 1.82) is 0 Å². The fourth-order valence-corrected chi connectivity index (χ4v) is 4.25. The fourth-order valence-electron chi connectivity index (χ4n) is 3.56. The van der Waals surface area contributed by atoms with Crippen molar-refractivity contribution in [1.82, 2.24) is 15.2 Å². The molecule has 4 rings (SSSR count). The van der Waals surface area contributed by atoms with Crippen LogP contribution in [0.3, 0.4) is 0 Å². The second-order valence-electron chi connectivity index (χ2n) is 7.27. The fraction of sp³-hybridized carbons (Fsp3) is 0.550. The van der Waals surface area contributed by atoms with E-state index in [0.717, 1.165) is 38.9 Å². The summed E-state index contributed by atoms with van der Waals surface area (Å²) in [5.74, 6) is -0.0565. The number of rotatable bonds is 8. The Bertz CT molecular complexity index is 810. The molecule has 2 unspecified atom stereocenters. The number of ether oxygens (including phenoxy) is 2. The number of hydrogen-bond acceptors (Lipinski definition) is 7. The lowest BCUT2D eigenvalue weighted by atomic mass is 10.2. The average Bonchev–Trinajstić information content (AvgIpc) is 3.53. The van der Waals surface area contributed by atoms with Gasteiger partial charge in [0.25, 0.3) is 11.8 Å². The maximum absolute atomic E-state index is 12.9. The van der Waals surface area contributed by atoms with Crippen LogP contribution in [0.1, 0.15) is 51.7 Å². The summed E-state index contributed by atoms with van der Waals surface area (Å²) in [5, 5.41) is 4.70. The molecular formula is C20H25N3O5S. The first kappa shape index (κ1) is 20.1. The van der Waals surface area contributed by atoms with Crippen LogP contribution in [0.25, 0.3) is 0 Å². The third-order valence-corrected chi connectivity index (χ3v) is 5.95. The molecule has 0 bridgehead atoms. The van der Waals surface area contributed by atoms with Gasteiger partial charge in [-0.25, -0.2) is 4.98 Å². The molecule has 2 saturated heterocycles. The number of nitrogens with zero attached hydrogens (tertiary/aromatic N) is 2. The van der Waals surface area contributed by atoms with Gasteiger partial charge in [0, 0.05) is 26.3 Å². The molecule has 2 aromatic heterocycles. The van der Waals surface area contributed by atoms with Gasteiger partial charge in [0.2, 0.25) is 5.89 Å². The molecule has 2 aliphatic rings. The highest BCUT2D eigenvalue weighted by atomic mass is 32.1. The highest BCUT2D eigenvalue weighted by Crippen LogP contribution is 2.19. The van der Waals surface area contributed by atoms with Crippen LogP contribution in [0.4, 0.5) is 0 Å². The van der Waals surface area contributed by atoms with Gasteiger partial charge in [-0.3, -0.25) is 9.59 Å². The van der Waals surface area contributed by atoms with Gasteiger partial charge in [0.05, 0.1) is 23.6 Å². The van der Waals surface area contributed by atoms with E-state index in [1.54, 1.807) is 11.0 Å². The summed E-state index contributed by atoms with van der Waals surface area (Å²) in [7, 11) is 0. The SMILES string of the molecule is O=C(NCC1CCCO1)c1coc(CN(CC2CCCO2)C(=O)c2cccs2)n1. The Morgan fingerprint density at radius 2 is 2.00 bits per heavy atom. The van der Waals surface area contributed by atoms with Crippen molar-refractivity contribution < 1.29 is 23.5 Å². The molecule has 2 amide bonds. The summed E-state index contributed by atoms with van der Waals surface area (Å²) < 4.78 is 16.7. The molecule has 2 aliphatic heterocycles. The monoisotopic (exact) mass is 419 g/mol. The van der Waals surface area contributed by atoms with Gasteiger partial charge in [-0.1, -0.05) is 6.07 Å². The molecule has 2 fully saturated rings. The zero-order chi connectivity index (χ0) is 20.1. The van der Waals surface area contributed by atoms with Crippen molar-refractivity contribution in [3.05, 3.63) is 40.2 Å². The average molecular weight is 420 g/mol. The molecular weight excluding hydrogens is 394 g/mol. The molecule has 8 nitrogen and oxygen atoms in total. The first-order chi connectivity index (χ1) is 14.2. The maximum Gasteiger partial charge on any atom is 0.273 e. The second kappa shape index (κ2) is 9.51. The van der Waals surface area contributed by atoms with Crippen LogP contribution in [0, 0.1) is 0 Å². The lowest BCUT2D eigenvalue weighted by Crippen LogP contribution is -2.36. The summed E-state index contributed by atoms with van der Waals surface area (Å²) >= 11 is 1.40. The van der Waals surface area contributed by atoms with Gasteiger partial charge in [-0.05, 0) is 37.1 Å². The van der Waals surface area contributed by atoms with E-state index in [1.807, 2.05) is 11.4 Å². The maximum atomic E-state index is 12.9. The smallest absolute Gasteiger partial charge is 0.273 e. The van der Waals surface area contributed by atoms with E-state index in [9.17, 15) is 9.59 Å². The molecule has 0 saturated carbocycles. The van der Waals surface area contributed by atoms with Crippen LogP contribution >= 0.6 is 11.3 Å². The van der Waals surface area contributed by atoms with Crippen molar-refractivity contribution in [2.24, 2.45) is 0 Å². The number of hydrogen-bond donors (Lipinski definition) is 1. The first-order valence-electron chi connectivity index (χ1n) is 9.97. The number of amides is 2. The Hall–Kier alpha value is -2.23. The van der Waals surface area contributed by atoms with Crippen molar-refractivity contribution in [3.8, 4) is 0 Å². The summed E-state index contributed by atoms with van der Waals surface area (Å²) in [6.45, 7) is 2.59. The van der Waals surface area contributed by atoms with E-state index in [4.69, 9.17) is 13.9 Å². The van der Waals surface area contributed by atoms with Gasteiger partial charge in [0.15, 0.2) is 5.69 Å². The van der Waals surface area contributed by atoms with Crippen LogP contribution in [-0.4, -0.2) is 60.2 Å². The predicted molar refractivity (Wildman–Crippen MR) is 106 cm³/mol. The van der Waals surface area contributed by atoms with E-state index < -0.39 is 0 Å². The van der Waals surface area contributed by atoms with Crippen molar-refractivity contribution in [3.63, 3.8) is 0 Å². The lowest BCUT2D eigenvalue weighted by molar-refractivity contribution is 0.0491. The quantitative estimate of drug-likeness (QED) is 0.706. The molecule has 29 heavy (non-hydrogen) atoms. The number of carbonyl (C=O) groups excluding carboxylic acids is 2. The molecule has 2 aromatic rings. The Morgan fingerprint density at radius 3 is 2.69 bits per heavy atom. The van der Waals surface area contributed by atoms with Crippen molar-refractivity contribution >= 4 is 23.2 Å². The van der Waals surface area contributed by atoms with E-state index in [-0.39, 0.29) is 36.3 Å². The van der Waals surface area contributed by atoms with Crippen LogP contribution in [0.5, 0.6) is 0 Å². The summed E-state index contributed by atoms with van der Waals surface area (Å²) in [4.78, 5) is 31.8. The third-order valence-electron chi connectivity index (χ3n) is 5.09. The topological polar surface area (TPSA) is 93.9 Å². The highest BCUT2D eigenvalue weighted by Gasteiger charge is 2.26. The molecule has 0 aromatic carbocycles. The van der Waals surface area contributed by atoms with Gasteiger partial charge >= 0.3 is 0 Å². The molecule has 9 heteroatoms. The van der Waals surface area contributed by atoms with Gasteiger partial charge < -0.3 is 24.1 Å². The normalized spacial score (nSPS) is 21.4. The lowest BCUT2D eigenvalue weighted by Gasteiger charge is -2.23. The minimum Gasteiger partial charge on any atom is -0.446 e. The Labute approximate surface area is 173 Å². The number of carbonyl (C=O) groups is 2. The number of oxazole rings is 1. The third kappa shape index (κ3) is 5.23. The standard InChI is InChI=1S/C20H25N3O5S/c24-19(21-10-14-4-1-7-26-14)16-13-28-18(22-16)12-23(11-15-5-2-8-27-15)20(25)17-6-3-9-29-17/h3,6,9,13-15H,1-2,4-5,7-8,10-12H2,(H,21,24). The molecule has 156 valence electrons. The van der Waals surface area contributed by atoms with E-state index in [0.29, 0.717) is 23.9 Å². The first-order valence-corrected chi connectivity index (χ1v) is 10.9. The van der Waals surface area contributed by atoms with E-state index in [1.165, 1.54) is 17.6 Å². The van der Waals surface area contributed by atoms with Crippen LogP contribution < -0.4 is 5.32 Å². The van der Waals surface area contributed by atoms with Crippen molar-refractivity contribution in [2.45, 2.75) is 44.4 Å². The van der Waals surface area contributed by atoms with Crippen LogP contribution in [0.2, 0.25) is 0 Å². The van der Waals surface area contributed by atoms with E-state index >= 15 is 0 Å². The molecule has 0 radical (unpaired) electrons. The minimum absolute atomic E-state index is 0.0167. The molecule has 0 aliphatic carbocycles. The molecule has 1 N–H and O–H groups in total. The van der Waals surface area contributed by atoms with Crippen molar-refractivity contribution in [2.75, 3.05) is 26.3 Å². The summed E-state index contributed by atoms with van der Waals surface area (Å²) in [6.07, 6.45) is 5.32. The van der Waals surface area contributed by atoms with Crippen LogP contribution in [-0.2, 0) is 16.0 Å². The minimum atomic E-state index is -0.300. The van der Waals surface area contributed by atoms with Crippen LogP contribution in [0.15, 0.2) is 28.2 Å². The predicted octanol–water partition coefficient (Wildman–Crippen LogP) is 2.47. The highest BCUT2D eigenvalue weighted by molar-refractivity contribution is 7.12. The summed E-state index contributed by atoms with van der Waals surface area (Å²) in [6, 6.07) is 3.65. The summed E-state index contributed by atoms with van der Waals surface area (Å²) in [5.41, 5.74) is 0.207. The second-order valence-corrected chi connectivity index (χ2v) is 8.22. The number of nitrogens with one attached hydrogen (secondary N) is 1. The zero-order valence-corrected chi connectivity index (χ0v) is 17.0. The molecule has 4 heterocycles. The Morgan fingerprint density at radius 1 is 1.21 bits per heavy atom. The molecule has 0 spiro atoms. The van der Waals surface area contributed by atoms with E-state index in [2.05, 4.69) is 10.3 Å². The number of thiophene rings is 1. The van der Waals surface area contributed by atoms with Gasteiger partial charge in [-0.2, -0.15) is 0 Å².